The van der Waals surface area contributed by atoms with E-state index in [0.29, 0.717) is 42.0 Å². The van der Waals surface area contributed by atoms with E-state index in [9.17, 15) is 0 Å². The summed E-state index contributed by atoms with van der Waals surface area (Å²) >= 11 is 0. The summed E-state index contributed by atoms with van der Waals surface area (Å²) in [4.78, 5) is 4.26. The van der Waals surface area contributed by atoms with Gasteiger partial charge in [-0.15, -0.1) is 0 Å². The monoisotopic (exact) mass is 387 g/mol. The highest BCUT2D eigenvalue weighted by Gasteiger charge is 2.11. The maximum Gasteiger partial charge on any atom is 0.191 e. The fourth-order valence-corrected chi connectivity index (χ4v) is 2.71. The number of hydrogen-bond donors (Lipinski definition) is 2. The molecule has 0 aromatic heterocycles. The summed E-state index contributed by atoms with van der Waals surface area (Å²) in [6.07, 6.45) is -0.0822. The minimum absolute atomic E-state index is 0.0822. The van der Waals surface area contributed by atoms with Crippen molar-refractivity contribution in [2.75, 3.05) is 34.9 Å². The van der Waals surface area contributed by atoms with Crippen LogP contribution in [0.2, 0.25) is 0 Å². The minimum atomic E-state index is -0.0822. The molecule has 2 aromatic rings. The number of benzene rings is 2. The fraction of sp³-hybridized carbons (Fsp3) is 0.381. The second-order valence-electron chi connectivity index (χ2n) is 6.04. The van der Waals surface area contributed by atoms with E-state index in [0.717, 1.165) is 5.56 Å². The van der Waals surface area contributed by atoms with Crippen LogP contribution >= 0.6 is 0 Å². The highest BCUT2D eigenvalue weighted by Crippen LogP contribution is 2.30. The summed E-state index contributed by atoms with van der Waals surface area (Å²) in [5.41, 5.74) is 0.975. The molecular formula is C21H29N3O4. The zero-order valence-electron chi connectivity index (χ0n) is 17.1. The predicted octanol–water partition coefficient (Wildman–Crippen LogP) is 2.84. The number of guanidine groups is 1. The molecule has 1 atom stereocenters. The molecule has 0 aliphatic carbocycles. The number of para-hydroxylation sites is 3. The van der Waals surface area contributed by atoms with Crippen LogP contribution in [-0.4, -0.2) is 47.0 Å². The first-order valence-corrected chi connectivity index (χ1v) is 9.07. The summed E-state index contributed by atoms with van der Waals surface area (Å²) in [6.45, 7) is 3.10. The Morgan fingerprint density at radius 2 is 1.57 bits per heavy atom. The average molecular weight is 387 g/mol. The van der Waals surface area contributed by atoms with Crippen LogP contribution in [0.3, 0.4) is 0 Å². The van der Waals surface area contributed by atoms with Crippen molar-refractivity contribution >= 4 is 5.96 Å². The van der Waals surface area contributed by atoms with Gasteiger partial charge in [-0.25, -0.2) is 0 Å². The lowest BCUT2D eigenvalue weighted by Crippen LogP contribution is -2.41. The normalized spacial score (nSPS) is 12.1. The van der Waals surface area contributed by atoms with E-state index in [1.807, 2.05) is 49.4 Å². The molecule has 0 saturated heterocycles. The third-order valence-electron chi connectivity index (χ3n) is 4.11. The van der Waals surface area contributed by atoms with Crippen LogP contribution in [-0.2, 0) is 6.54 Å². The summed E-state index contributed by atoms with van der Waals surface area (Å²) in [5.74, 6) is 3.50. The predicted molar refractivity (Wildman–Crippen MR) is 111 cm³/mol. The lowest BCUT2D eigenvalue weighted by Gasteiger charge is -2.19. The van der Waals surface area contributed by atoms with Crippen LogP contribution in [0.5, 0.6) is 23.0 Å². The lowest BCUT2D eigenvalue weighted by atomic mass is 10.2. The maximum absolute atomic E-state index is 5.95. The smallest absolute Gasteiger partial charge is 0.191 e. The lowest BCUT2D eigenvalue weighted by molar-refractivity contribution is 0.213. The molecule has 28 heavy (non-hydrogen) atoms. The molecule has 0 fully saturated rings. The summed E-state index contributed by atoms with van der Waals surface area (Å²) in [5, 5.41) is 6.54. The van der Waals surface area contributed by atoms with Crippen molar-refractivity contribution in [3.63, 3.8) is 0 Å². The molecular weight excluding hydrogens is 358 g/mol. The number of ether oxygens (including phenoxy) is 4. The highest BCUT2D eigenvalue weighted by atomic mass is 16.5. The standard InChI is InChI=1S/C21H29N3O4/c1-15(28-18-11-7-6-10-17(18)25-3)13-23-21(22-2)24-14-16-9-8-12-19(26-4)20(16)27-5/h6-12,15H,13-14H2,1-5H3,(H2,22,23,24). The van der Waals surface area contributed by atoms with Gasteiger partial charge in [-0.05, 0) is 25.1 Å². The zero-order chi connectivity index (χ0) is 20.4. The quantitative estimate of drug-likeness (QED) is 0.509. The van der Waals surface area contributed by atoms with Crippen molar-refractivity contribution in [1.29, 1.82) is 0 Å². The third-order valence-corrected chi connectivity index (χ3v) is 4.11. The number of nitrogens with zero attached hydrogens (tertiary/aromatic N) is 1. The molecule has 1 unspecified atom stereocenters. The Labute approximate surface area is 166 Å². The number of methoxy groups -OCH3 is 3. The van der Waals surface area contributed by atoms with E-state index < -0.39 is 0 Å². The summed E-state index contributed by atoms with van der Waals surface area (Å²) in [6, 6.07) is 13.4. The van der Waals surface area contributed by atoms with Crippen molar-refractivity contribution < 1.29 is 18.9 Å². The van der Waals surface area contributed by atoms with Crippen LogP contribution in [0.25, 0.3) is 0 Å². The average Bonchev–Trinajstić information content (AvgIpc) is 2.73. The SMILES string of the molecule is CN=C(NCc1cccc(OC)c1OC)NCC(C)Oc1ccccc1OC. The second-order valence-corrected chi connectivity index (χ2v) is 6.04. The molecule has 7 heteroatoms. The zero-order valence-corrected chi connectivity index (χ0v) is 17.1. The highest BCUT2D eigenvalue weighted by molar-refractivity contribution is 5.79. The molecule has 0 aliphatic heterocycles. The molecule has 7 nitrogen and oxygen atoms in total. The van der Waals surface area contributed by atoms with Gasteiger partial charge < -0.3 is 29.6 Å². The van der Waals surface area contributed by atoms with Gasteiger partial charge in [0.25, 0.3) is 0 Å². The molecule has 2 aromatic carbocycles. The van der Waals surface area contributed by atoms with Gasteiger partial charge in [0.15, 0.2) is 29.0 Å². The Morgan fingerprint density at radius 1 is 0.893 bits per heavy atom. The van der Waals surface area contributed by atoms with Gasteiger partial charge in [-0.2, -0.15) is 0 Å². The summed E-state index contributed by atoms with van der Waals surface area (Å²) in [7, 11) is 6.61. The first kappa shape index (κ1) is 21.2. The van der Waals surface area contributed by atoms with Gasteiger partial charge in [0, 0.05) is 19.2 Å². The Bertz CT molecular complexity index is 780. The molecule has 0 radical (unpaired) electrons. The van der Waals surface area contributed by atoms with E-state index in [-0.39, 0.29) is 6.10 Å². The van der Waals surface area contributed by atoms with E-state index in [4.69, 9.17) is 18.9 Å². The molecule has 0 amide bonds. The van der Waals surface area contributed by atoms with E-state index in [2.05, 4.69) is 15.6 Å². The van der Waals surface area contributed by atoms with Gasteiger partial charge in [0.2, 0.25) is 0 Å². The maximum atomic E-state index is 5.95. The second kappa shape index (κ2) is 10.9. The molecule has 2 N–H and O–H groups in total. The van der Waals surface area contributed by atoms with E-state index >= 15 is 0 Å². The topological polar surface area (TPSA) is 73.3 Å². The van der Waals surface area contributed by atoms with Gasteiger partial charge in [-0.3, -0.25) is 4.99 Å². The molecule has 0 bridgehead atoms. The van der Waals surface area contributed by atoms with Crippen LogP contribution in [0.15, 0.2) is 47.5 Å². The Hall–Kier alpha value is -3.09. The first-order chi connectivity index (χ1) is 13.6. The molecule has 0 aliphatic rings. The van der Waals surface area contributed by atoms with Gasteiger partial charge >= 0.3 is 0 Å². The number of hydrogen-bond acceptors (Lipinski definition) is 5. The third kappa shape index (κ3) is 5.70. The molecule has 152 valence electrons. The summed E-state index contributed by atoms with van der Waals surface area (Å²) < 4.78 is 22.1. The minimum Gasteiger partial charge on any atom is -0.493 e. The van der Waals surface area contributed by atoms with Gasteiger partial charge in [0.05, 0.1) is 27.9 Å². The Morgan fingerprint density at radius 3 is 2.21 bits per heavy atom. The van der Waals surface area contributed by atoms with Gasteiger partial charge in [0.1, 0.15) is 6.10 Å². The molecule has 0 heterocycles. The fourth-order valence-electron chi connectivity index (χ4n) is 2.71. The Kier molecular flexibility index (Phi) is 8.27. The number of nitrogens with one attached hydrogen (secondary N) is 2. The van der Waals surface area contributed by atoms with Crippen LogP contribution in [0.4, 0.5) is 0 Å². The molecule has 2 rings (SSSR count). The first-order valence-electron chi connectivity index (χ1n) is 9.07. The van der Waals surface area contributed by atoms with Crippen molar-refractivity contribution in [2.45, 2.75) is 19.6 Å². The van der Waals surface area contributed by atoms with E-state index in [1.165, 1.54) is 0 Å². The van der Waals surface area contributed by atoms with Crippen molar-refractivity contribution in [3.05, 3.63) is 48.0 Å². The largest absolute Gasteiger partial charge is 0.493 e. The van der Waals surface area contributed by atoms with Crippen LogP contribution in [0, 0.1) is 0 Å². The Balaban J connectivity index is 1.90. The van der Waals surface area contributed by atoms with Crippen molar-refractivity contribution in [3.8, 4) is 23.0 Å². The number of aliphatic imine (C=N–C) groups is 1. The number of rotatable bonds is 9. The van der Waals surface area contributed by atoms with Crippen LogP contribution < -0.4 is 29.6 Å². The molecule has 0 saturated carbocycles. The molecule has 0 spiro atoms. The van der Waals surface area contributed by atoms with Crippen LogP contribution in [0.1, 0.15) is 12.5 Å². The van der Waals surface area contributed by atoms with Crippen molar-refractivity contribution in [1.82, 2.24) is 10.6 Å². The van der Waals surface area contributed by atoms with Gasteiger partial charge in [-0.1, -0.05) is 24.3 Å². The van der Waals surface area contributed by atoms with E-state index in [1.54, 1.807) is 28.4 Å². The van der Waals surface area contributed by atoms with Crippen molar-refractivity contribution in [2.24, 2.45) is 4.99 Å².